The second kappa shape index (κ2) is 5.87. The highest BCUT2D eigenvalue weighted by molar-refractivity contribution is 7.98. The maximum absolute atomic E-state index is 12.1. The van der Waals surface area contributed by atoms with Gasteiger partial charge >= 0.3 is 0 Å². The van der Waals surface area contributed by atoms with Crippen LogP contribution in [0.25, 0.3) is 0 Å². The first kappa shape index (κ1) is 13.8. The molecule has 92 valence electrons. The third-order valence-electron chi connectivity index (χ3n) is 3.25. The van der Waals surface area contributed by atoms with Crippen LogP contribution in [0.2, 0.25) is 0 Å². The predicted octanol–water partition coefficient (Wildman–Crippen LogP) is 1.70. The van der Waals surface area contributed by atoms with Crippen LogP contribution in [0, 0.1) is 5.41 Å². The number of amides is 1. The van der Waals surface area contributed by atoms with Crippen molar-refractivity contribution in [1.29, 1.82) is 0 Å². The number of hydrogen-bond donors (Lipinski definition) is 2. The van der Waals surface area contributed by atoms with Crippen molar-refractivity contribution in [2.75, 3.05) is 12.0 Å². The topological polar surface area (TPSA) is 55.1 Å². The van der Waals surface area contributed by atoms with E-state index in [0.29, 0.717) is 4.99 Å². The van der Waals surface area contributed by atoms with Crippen LogP contribution in [0.4, 0.5) is 0 Å². The smallest absolute Gasteiger partial charge is 0.233 e. The van der Waals surface area contributed by atoms with Gasteiger partial charge in [0.1, 0.15) is 0 Å². The number of carbonyl (C=O) groups excluding carboxylic acids is 1. The third-order valence-corrected chi connectivity index (χ3v) is 4.28. The van der Waals surface area contributed by atoms with Gasteiger partial charge in [0.2, 0.25) is 5.91 Å². The molecule has 0 aromatic carbocycles. The number of nitrogens with one attached hydrogen (secondary N) is 1. The minimum Gasteiger partial charge on any atom is -0.392 e. The first-order valence-corrected chi connectivity index (χ1v) is 7.43. The molecule has 0 aromatic heterocycles. The number of thiocarbonyl (C=S) groups is 1. The predicted molar refractivity (Wildman–Crippen MR) is 73.7 cm³/mol. The van der Waals surface area contributed by atoms with Crippen LogP contribution in [0.1, 0.15) is 32.6 Å². The molecule has 5 heteroatoms. The standard InChI is InChI=1S/C11H20N2OS2/c1-8(4-7-16-2)13-10(14)11(9(12)15)5-3-6-11/h8H,3-7H2,1-2H3,(H2,12,15)(H,13,14). The lowest BCUT2D eigenvalue weighted by Gasteiger charge is -2.39. The molecule has 0 radical (unpaired) electrons. The summed E-state index contributed by atoms with van der Waals surface area (Å²) in [6.45, 7) is 2.03. The molecule has 3 N–H and O–H groups in total. The molecule has 0 bridgehead atoms. The quantitative estimate of drug-likeness (QED) is 0.714. The maximum Gasteiger partial charge on any atom is 0.233 e. The van der Waals surface area contributed by atoms with Crippen LogP contribution in [0.15, 0.2) is 0 Å². The van der Waals surface area contributed by atoms with Gasteiger partial charge in [-0.15, -0.1) is 0 Å². The minimum atomic E-state index is -0.539. The Morgan fingerprint density at radius 3 is 2.62 bits per heavy atom. The Hall–Kier alpha value is -0.290. The lowest BCUT2D eigenvalue weighted by molar-refractivity contribution is -0.131. The Balaban J connectivity index is 2.47. The molecule has 1 unspecified atom stereocenters. The molecule has 0 aliphatic heterocycles. The van der Waals surface area contributed by atoms with E-state index in [1.165, 1.54) is 0 Å². The molecule has 16 heavy (non-hydrogen) atoms. The molecule has 0 saturated heterocycles. The van der Waals surface area contributed by atoms with Gasteiger partial charge in [-0.05, 0) is 38.2 Å². The van der Waals surface area contributed by atoms with Gasteiger partial charge in [0.15, 0.2) is 0 Å². The summed E-state index contributed by atoms with van der Waals surface area (Å²) >= 11 is 6.80. The Morgan fingerprint density at radius 1 is 1.62 bits per heavy atom. The molecular weight excluding hydrogens is 240 g/mol. The molecule has 1 atom stereocenters. The summed E-state index contributed by atoms with van der Waals surface area (Å²) in [6, 6.07) is 0.201. The van der Waals surface area contributed by atoms with Crippen molar-refractivity contribution >= 4 is 34.9 Å². The van der Waals surface area contributed by atoms with Crippen molar-refractivity contribution in [2.24, 2.45) is 11.1 Å². The number of rotatable bonds is 6. The molecule has 0 heterocycles. The van der Waals surface area contributed by atoms with Gasteiger partial charge in [0.25, 0.3) is 0 Å². The molecule has 1 aliphatic carbocycles. The summed E-state index contributed by atoms with van der Waals surface area (Å²) in [5.41, 5.74) is 5.14. The Morgan fingerprint density at radius 2 is 2.25 bits per heavy atom. The molecule has 1 saturated carbocycles. The van der Waals surface area contributed by atoms with E-state index in [2.05, 4.69) is 11.6 Å². The SMILES string of the molecule is CSCCC(C)NC(=O)C1(C(N)=S)CCC1. The van der Waals surface area contributed by atoms with Gasteiger partial charge < -0.3 is 11.1 Å². The van der Waals surface area contributed by atoms with Crippen molar-refractivity contribution in [3.8, 4) is 0 Å². The van der Waals surface area contributed by atoms with Gasteiger partial charge in [-0.25, -0.2) is 0 Å². The fourth-order valence-electron chi connectivity index (χ4n) is 1.84. The molecule has 0 spiro atoms. The van der Waals surface area contributed by atoms with Crippen molar-refractivity contribution in [3.63, 3.8) is 0 Å². The van der Waals surface area contributed by atoms with E-state index in [1.807, 2.05) is 6.92 Å². The number of carbonyl (C=O) groups is 1. The van der Waals surface area contributed by atoms with E-state index >= 15 is 0 Å². The van der Waals surface area contributed by atoms with Gasteiger partial charge in [0.05, 0.1) is 10.4 Å². The summed E-state index contributed by atoms with van der Waals surface area (Å²) in [4.78, 5) is 12.4. The monoisotopic (exact) mass is 260 g/mol. The second-order valence-electron chi connectivity index (χ2n) is 4.46. The highest BCUT2D eigenvalue weighted by Gasteiger charge is 2.47. The van der Waals surface area contributed by atoms with Crippen LogP contribution >= 0.6 is 24.0 Å². The van der Waals surface area contributed by atoms with E-state index in [4.69, 9.17) is 18.0 Å². The fourth-order valence-corrected chi connectivity index (χ4v) is 2.73. The fraction of sp³-hybridized carbons (Fsp3) is 0.818. The van der Waals surface area contributed by atoms with E-state index < -0.39 is 5.41 Å². The van der Waals surface area contributed by atoms with E-state index in [-0.39, 0.29) is 11.9 Å². The van der Waals surface area contributed by atoms with Gasteiger partial charge in [-0.3, -0.25) is 4.79 Å². The second-order valence-corrected chi connectivity index (χ2v) is 5.88. The van der Waals surface area contributed by atoms with E-state index in [1.54, 1.807) is 11.8 Å². The Bertz CT molecular complexity index is 277. The highest BCUT2D eigenvalue weighted by atomic mass is 32.2. The van der Waals surface area contributed by atoms with Crippen LogP contribution in [0.3, 0.4) is 0 Å². The van der Waals surface area contributed by atoms with E-state index in [0.717, 1.165) is 31.4 Å². The van der Waals surface area contributed by atoms with Crippen LogP contribution < -0.4 is 11.1 Å². The van der Waals surface area contributed by atoms with Crippen LogP contribution in [-0.4, -0.2) is 28.9 Å². The molecule has 1 amide bonds. The van der Waals surface area contributed by atoms with E-state index in [9.17, 15) is 4.79 Å². The number of hydrogen-bond acceptors (Lipinski definition) is 3. The summed E-state index contributed by atoms with van der Waals surface area (Å²) in [5.74, 6) is 1.08. The van der Waals surface area contributed by atoms with Gasteiger partial charge in [0, 0.05) is 6.04 Å². The number of thioether (sulfide) groups is 1. The largest absolute Gasteiger partial charge is 0.392 e. The Kier molecular flexibility index (Phi) is 5.05. The van der Waals surface area contributed by atoms with Crippen molar-refractivity contribution < 1.29 is 4.79 Å². The molecule has 0 aromatic rings. The van der Waals surface area contributed by atoms with Crippen molar-refractivity contribution in [1.82, 2.24) is 5.32 Å². The zero-order chi connectivity index (χ0) is 12.2. The third kappa shape index (κ3) is 2.88. The van der Waals surface area contributed by atoms with Crippen molar-refractivity contribution in [2.45, 2.75) is 38.6 Å². The van der Waals surface area contributed by atoms with Gasteiger partial charge in [-0.1, -0.05) is 18.6 Å². The average molecular weight is 260 g/mol. The van der Waals surface area contributed by atoms with Crippen LogP contribution in [-0.2, 0) is 4.79 Å². The zero-order valence-electron chi connectivity index (χ0n) is 9.91. The number of nitrogens with two attached hydrogens (primary N) is 1. The molecule has 3 nitrogen and oxygen atoms in total. The highest BCUT2D eigenvalue weighted by Crippen LogP contribution is 2.41. The van der Waals surface area contributed by atoms with Gasteiger partial charge in [-0.2, -0.15) is 11.8 Å². The molecular formula is C11H20N2OS2. The normalized spacial score (nSPS) is 19.6. The first-order chi connectivity index (χ1) is 7.53. The summed E-state index contributed by atoms with van der Waals surface area (Å²) < 4.78 is 0. The molecule has 1 rings (SSSR count). The minimum absolute atomic E-state index is 0.0276. The first-order valence-electron chi connectivity index (χ1n) is 5.63. The lowest BCUT2D eigenvalue weighted by Crippen LogP contribution is -2.54. The summed E-state index contributed by atoms with van der Waals surface area (Å²) in [6.07, 6.45) is 5.72. The lowest BCUT2D eigenvalue weighted by atomic mass is 9.68. The Labute approximate surface area is 107 Å². The molecule has 1 aliphatic rings. The van der Waals surface area contributed by atoms with Crippen molar-refractivity contribution in [3.05, 3.63) is 0 Å². The van der Waals surface area contributed by atoms with Crippen LogP contribution in [0.5, 0.6) is 0 Å². The average Bonchev–Trinajstić information content (AvgIpc) is 2.11. The molecule has 1 fully saturated rings. The summed E-state index contributed by atoms with van der Waals surface area (Å²) in [5, 5.41) is 3.02. The zero-order valence-corrected chi connectivity index (χ0v) is 11.5. The maximum atomic E-state index is 12.1. The summed E-state index contributed by atoms with van der Waals surface area (Å²) in [7, 11) is 0.